The zero-order valence-corrected chi connectivity index (χ0v) is 17.3. The van der Waals surface area contributed by atoms with Crippen molar-refractivity contribution in [2.45, 2.75) is 37.9 Å². The van der Waals surface area contributed by atoms with Crippen LogP contribution in [0.2, 0.25) is 0 Å². The van der Waals surface area contributed by atoms with Gasteiger partial charge in [0.1, 0.15) is 18.1 Å². The van der Waals surface area contributed by atoms with E-state index in [1.807, 2.05) is 41.0 Å². The van der Waals surface area contributed by atoms with Crippen molar-refractivity contribution < 1.29 is 9.47 Å². The average molecular weight is 396 g/mol. The van der Waals surface area contributed by atoms with Crippen LogP contribution in [-0.2, 0) is 18.9 Å². The fourth-order valence-electron chi connectivity index (χ4n) is 2.71. The molecule has 0 radical (unpaired) electrons. The standard InChI is InChI=1S/C22H25N3O2S/c1-5-11-25-21(14-27-20-10-9-16(2)17(3)12-20)23-24-22(25)28-15-18-7-6-8-19(13-18)26-4/h5-10,12-13H,1,11,14-15H2,2-4H3. The molecule has 0 aliphatic rings. The first-order chi connectivity index (χ1) is 13.6. The van der Waals surface area contributed by atoms with Gasteiger partial charge in [-0.25, -0.2) is 0 Å². The summed E-state index contributed by atoms with van der Waals surface area (Å²) < 4.78 is 13.3. The highest BCUT2D eigenvalue weighted by Crippen LogP contribution is 2.25. The minimum absolute atomic E-state index is 0.364. The third kappa shape index (κ3) is 4.95. The van der Waals surface area contributed by atoms with Gasteiger partial charge in [-0.2, -0.15) is 0 Å². The second kappa shape index (κ2) is 9.46. The van der Waals surface area contributed by atoms with Gasteiger partial charge in [0.15, 0.2) is 11.0 Å². The Labute approximate surface area is 170 Å². The first kappa shape index (κ1) is 20.0. The number of rotatable bonds is 9. The highest BCUT2D eigenvalue weighted by Gasteiger charge is 2.13. The summed E-state index contributed by atoms with van der Waals surface area (Å²) in [4.78, 5) is 0. The van der Waals surface area contributed by atoms with Crippen molar-refractivity contribution in [3.05, 3.63) is 77.6 Å². The predicted molar refractivity (Wildman–Crippen MR) is 113 cm³/mol. The molecule has 2 aromatic carbocycles. The lowest BCUT2D eigenvalue weighted by atomic mass is 10.1. The number of allylic oxidation sites excluding steroid dienone is 1. The van der Waals surface area contributed by atoms with Crippen molar-refractivity contribution in [3.63, 3.8) is 0 Å². The molecule has 0 fully saturated rings. The maximum atomic E-state index is 5.94. The quantitative estimate of drug-likeness (QED) is 0.378. The van der Waals surface area contributed by atoms with E-state index < -0.39 is 0 Å². The number of aryl methyl sites for hydroxylation is 2. The van der Waals surface area contributed by atoms with Crippen molar-refractivity contribution in [2.24, 2.45) is 0 Å². The summed E-state index contributed by atoms with van der Waals surface area (Å²) in [5.41, 5.74) is 3.63. The van der Waals surface area contributed by atoms with Crippen LogP contribution in [0.4, 0.5) is 0 Å². The highest BCUT2D eigenvalue weighted by atomic mass is 32.2. The molecule has 5 nitrogen and oxygen atoms in total. The molecule has 0 saturated carbocycles. The number of hydrogen-bond acceptors (Lipinski definition) is 5. The monoisotopic (exact) mass is 395 g/mol. The van der Waals surface area contributed by atoms with Gasteiger partial charge in [-0.15, -0.1) is 16.8 Å². The number of hydrogen-bond donors (Lipinski definition) is 0. The summed E-state index contributed by atoms with van der Waals surface area (Å²) in [5.74, 6) is 3.26. The molecule has 146 valence electrons. The predicted octanol–water partition coefficient (Wildman–Crippen LogP) is 4.96. The van der Waals surface area contributed by atoms with E-state index in [-0.39, 0.29) is 0 Å². The molecule has 3 rings (SSSR count). The molecule has 0 aliphatic carbocycles. The SMILES string of the molecule is C=CCn1c(COc2ccc(C)c(C)c2)nnc1SCc1cccc(OC)c1. The number of aromatic nitrogens is 3. The van der Waals surface area contributed by atoms with Crippen LogP contribution in [0.3, 0.4) is 0 Å². The number of benzene rings is 2. The van der Waals surface area contributed by atoms with E-state index >= 15 is 0 Å². The van der Waals surface area contributed by atoms with Crippen molar-refractivity contribution in [3.8, 4) is 11.5 Å². The summed E-state index contributed by atoms with van der Waals surface area (Å²) in [6.45, 7) is 9.03. The lowest BCUT2D eigenvalue weighted by molar-refractivity contribution is 0.289. The maximum Gasteiger partial charge on any atom is 0.191 e. The van der Waals surface area contributed by atoms with Gasteiger partial charge in [-0.05, 0) is 54.8 Å². The van der Waals surface area contributed by atoms with Crippen molar-refractivity contribution >= 4 is 11.8 Å². The molecule has 6 heteroatoms. The zero-order chi connectivity index (χ0) is 19.9. The Bertz CT molecular complexity index is 953. The van der Waals surface area contributed by atoms with E-state index in [0.29, 0.717) is 13.2 Å². The van der Waals surface area contributed by atoms with Gasteiger partial charge in [-0.1, -0.05) is 36.0 Å². The maximum absolute atomic E-state index is 5.94. The zero-order valence-electron chi connectivity index (χ0n) is 16.5. The van der Waals surface area contributed by atoms with E-state index in [1.165, 1.54) is 16.7 Å². The second-order valence-corrected chi connectivity index (χ2v) is 7.42. The molecule has 1 heterocycles. The number of ether oxygens (including phenoxy) is 2. The Morgan fingerprint density at radius 3 is 2.68 bits per heavy atom. The Morgan fingerprint density at radius 1 is 1.07 bits per heavy atom. The van der Waals surface area contributed by atoms with Crippen molar-refractivity contribution in [1.29, 1.82) is 0 Å². The normalized spacial score (nSPS) is 10.7. The van der Waals surface area contributed by atoms with Gasteiger partial charge in [0.25, 0.3) is 0 Å². The van der Waals surface area contributed by atoms with Crippen molar-refractivity contribution in [2.75, 3.05) is 7.11 Å². The van der Waals surface area contributed by atoms with E-state index in [4.69, 9.17) is 9.47 Å². The molecule has 0 atom stereocenters. The van der Waals surface area contributed by atoms with Crippen LogP contribution in [-0.4, -0.2) is 21.9 Å². The molecule has 28 heavy (non-hydrogen) atoms. The average Bonchev–Trinajstić information content (AvgIpc) is 3.09. The molecular formula is C22H25N3O2S. The van der Waals surface area contributed by atoms with Crippen molar-refractivity contribution in [1.82, 2.24) is 14.8 Å². The van der Waals surface area contributed by atoms with E-state index in [0.717, 1.165) is 28.2 Å². The molecular weight excluding hydrogens is 370 g/mol. The largest absolute Gasteiger partial charge is 0.497 e. The molecule has 0 N–H and O–H groups in total. The van der Waals surface area contributed by atoms with Crippen LogP contribution in [0.15, 0.2) is 60.3 Å². The minimum Gasteiger partial charge on any atom is -0.497 e. The molecule has 1 aromatic heterocycles. The van der Waals surface area contributed by atoms with Crippen LogP contribution in [0, 0.1) is 13.8 Å². The van der Waals surface area contributed by atoms with Crippen LogP contribution in [0.5, 0.6) is 11.5 Å². The van der Waals surface area contributed by atoms with Gasteiger partial charge in [0.2, 0.25) is 0 Å². The van der Waals surface area contributed by atoms with Gasteiger partial charge in [0.05, 0.1) is 7.11 Å². The van der Waals surface area contributed by atoms with Gasteiger partial charge < -0.3 is 9.47 Å². The van der Waals surface area contributed by atoms with Crippen LogP contribution >= 0.6 is 11.8 Å². The summed E-state index contributed by atoms with van der Waals surface area (Å²) in [6, 6.07) is 14.1. The number of nitrogens with zero attached hydrogens (tertiary/aromatic N) is 3. The minimum atomic E-state index is 0.364. The fourth-order valence-corrected chi connectivity index (χ4v) is 3.62. The van der Waals surface area contributed by atoms with Crippen LogP contribution in [0.1, 0.15) is 22.5 Å². The molecule has 0 spiro atoms. The first-order valence-corrected chi connectivity index (χ1v) is 10.1. The number of methoxy groups -OCH3 is 1. The Morgan fingerprint density at radius 2 is 1.93 bits per heavy atom. The molecule has 0 unspecified atom stereocenters. The van der Waals surface area contributed by atoms with Crippen LogP contribution < -0.4 is 9.47 Å². The molecule has 0 aliphatic heterocycles. The lowest BCUT2D eigenvalue weighted by Crippen LogP contribution is -2.07. The summed E-state index contributed by atoms with van der Waals surface area (Å²) >= 11 is 1.64. The van der Waals surface area contributed by atoms with E-state index in [9.17, 15) is 0 Å². The molecule has 3 aromatic rings. The molecule has 0 amide bonds. The third-order valence-electron chi connectivity index (χ3n) is 4.45. The van der Waals surface area contributed by atoms with Gasteiger partial charge >= 0.3 is 0 Å². The topological polar surface area (TPSA) is 49.2 Å². The summed E-state index contributed by atoms with van der Waals surface area (Å²) in [7, 11) is 1.68. The third-order valence-corrected chi connectivity index (χ3v) is 5.49. The number of thioether (sulfide) groups is 1. The Hall–Kier alpha value is -2.73. The second-order valence-electron chi connectivity index (χ2n) is 6.47. The highest BCUT2D eigenvalue weighted by molar-refractivity contribution is 7.98. The lowest BCUT2D eigenvalue weighted by Gasteiger charge is -2.10. The summed E-state index contributed by atoms with van der Waals surface area (Å²) in [5, 5.41) is 9.53. The summed E-state index contributed by atoms with van der Waals surface area (Å²) in [6.07, 6.45) is 1.85. The fraction of sp³-hybridized carbons (Fsp3) is 0.273. The molecule has 0 bridgehead atoms. The smallest absolute Gasteiger partial charge is 0.191 e. The Kier molecular flexibility index (Phi) is 6.76. The van der Waals surface area contributed by atoms with E-state index in [2.05, 4.69) is 42.8 Å². The molecule has 0 saturated heterocycles. The first-order valence-electron chi connectivity index (χ1n) is 9.09. The van der Waals surface area contributed by atoms with Gasteiger partial charge in [0, 0.05) is 12.3 Å². The van der Waals surface area contributed by atoms with E-state index in [1.54, 1.807) is 18.9 Å². The van der Waals surface area contributed by atoms with Crippen LogP contribution in [0.25, 0.3) is 0 Å². The Balaban J connectivity index is 1.69. The van der Waals surface area contributed by atoms with Gasteiger partial charge in [-0.3, -0.25) is 4.57 Å².